The van der Waals surface area contributed by atoms with Crippen molar-refractivity contribution in [3.8, 4) is 12.3 Å². The molecule has 0 aromatic rings. The van der Waals surface area contributed by atoms with Gasteiger partial charge in [-0.3, -0.25) is 10.1 Å². The molecule has 1 amide bonds. The molecule has 3 nitrogen and oxygen atoms in total. The van der Waals surface area contributed by atoms with E-state index in [0.29, 0.717) is 6.54 Å². The van der Waals surface area contributed by atoms with Crippen molar-refractivity contribution in [1.29, 1.82) is 0 Å². The monoisotopic (exact) mass is 182 g/mol. The van der Waals surface area contributed by atoms with Crippen molar-refractivity contribution in [3.63, 3.8) is 0 Å². The van der Waals surface area contributed by atoms with Crippen LogP contribution in [0.5, 0.6) is 0 Å². The van der Waals surface area contributed by atoms with Gasteiger partial charge in [-0.1, -0.05) is 5.92 Å². The predicted molar refractivity (Wildman–Crippen MR) is 54.2 cm³/mol. The molecule has 0 aliphatic heterocycles. The van der Waals surface area contributed by atoms with E-state index in [9.17, 15) is 4.79 Å². The van der Waals surface area contributed by atoms with Crippen LogP contribution in [0.3, 0.4) is 0 Å². The molecule has 0 heterocycles. The first kappa shape index (κ1) is 12.0. The maximum atomic E-state index is 11.3. The minimum absolute atomic E-state index is 0.0224. The fourth-order valence-electron chi connectivity index (χ4n) is 0.976. The van der Waals surface area contributed by atoms with Crippen LogP contribution in [-0.2, 0) is 4.79 Å². The summed E-state index contributed by atoms with van der Waals surface area (Å²) in [6, 6.07) is -0.258. The zero-order chi connectivity index (χ0) is 10.5. The van der Waals surface area contributed by atoms with Gasteiger partial charge in [-0.15, -0.1) is 6.42 Å². The fourth-order valence-corrected chi connectivity index (χ4v) is 0.976. The largest absolute Gasteiger partial charge is 0.355 e. The second kappa shape index (κ2) is 4.88. The number of hydrogen-bond acceptors (Lipinski definition) is 2. The summed E-state index contributed by atoms with van der Waals surface area (Å²) < 4.78 is 0. The van der Waals surface area contributed by atoms with E-state index < -0.39 is 5.54 Å². The van der Waals surface area contributed by atoms with Crippen LogP contribution in [0.2, 0.25) is 0 Å². The summed E-state index contributed by atoms with van der Waals surface area (Å²) in [5.41, 5.74) is -0.440. The number of terminal acetylenes is 1. The molecule has 0 saturated heterocycles. The highest BCUT2D eigenvalue weighted by atomic mass is 16.2. The Bertz CT molecular complexity index is 215. The van der Waals surface area contributed by atoms with Crippen molar-refractivity contribution in [3.05, 3.63) is 0 Å². The van der Waals surface area contributed by atoms with Gasteiger partial charge in [0, 0.05) is 6.54 Å². The molecule has 0 radical (unpaired) electrons. The van der Waals surface area contributed by atoms with Crippen molar-refractivity contribution in [2.75, 3.05) is 6.54 Å². The van der Waals surface area contributed by atoms with Gasteiger partial charge in [-0.05, 0) is 27.7 Å². The Morgan fingerprint density at radius 1 is 1.62 bits per heavy atom. The van der Waals surface area contributed by atoms with Crippen LogP contribution < -0.4 is 10.6 Å². The SMILES string of the molecule is C#CC(C)(C)NC(C)C(=O)NCC. The summed E-state index contributed by atoms with van der Waals surface area (Å²) in [7, 11) is 0. The van der Waals surface area contributed by atoms with Crippen molar-refractivity contribution in [2.45, 2.75) is 39.3 Å². The molecule has 0 fully saturated rings. The molecule has 1 unspecified atom stereocenters. The minimum Gasteiger partial charge on any atom is -0.355 e. The predicted octanol–water partition coefficient (Wildman–Crippen LogP) is 0.512. The molecule has 0 spiro atoms. The van der Waals surface area contributed by atoms with Crippen molar-refractivity contribution in [1.82, 2.24) is 10.6 Å². The highest BCUT2D eigenvalue weighted by molar-refractivity contribution is 5.81. The first-order valence-electron chi connectivity index (χ1n) is 4.46. The lowest BCUT2D eigenvalue weighted by molar-refractivity contribution is -0.122. The fraction of sp³-hybridized carbons (Fsp3) is 0.700. The minimum atomic E-state index is -0.440. The molecule has 0 aliphatic rings. The third-order valence-electron chi connectivity index (χ3n) is 1.68. The van der Waals surface area contributed by atoms with E-state index >= 15 is 0 Å². The highest BCUT2D eigenvalue weighted by Gasteiger charge is 2.20. The number of rotatable bonds is 4. The van der Waals surface area contributed by atoms with Gasteiger partial charge in [-0.2, -0.15) is 0 Å². The maximum absolute atomic E-state index is 11.3. The molecule has 0 aliphatic carbocycles. The van der Waals surface area contributed by atoms with Gasteiger partial charge in [0.05, 0.1) is 11.6 Å². The molecule has 0 aromatic carbocycles. The first-order valence-corrected chi connectivity index (χ1v) is 4.46. The van der Waals surface area contributed by atoms with Crippen molar-refractivity contribution >= 4 is 5.91 Å². The Morgan fingerprint density at radius 2 is 2.15 bits per heavy atom. The lowest BCUT2D eigenvalue weighted by atomic mass is 10.1. The number of nitrogens with one attached hydrogen (secondary N) is 2. The lowest BCUT2D eigenvalue weighted by Crippen LogP contribution is -2.50. The number of carbonyl (C=O) groups is 1. The Kier molecular flexibility index (Phi) is 4.50. The van der Waals surface area contributed by atoms with Crippen LogP contribution in [0, 0.1) is 12.3 Å². The van der Waals surface area contributed by atoms with E-state index in [4.69, 9.17) is 6.42 Å². The Labute approximate surface area is 80.3 Å². The van der Waals surface area contributed by atoms with Crippen LogP contribution in [0.15, 0.2) is 0 Å². The lowest BCUT2D eigenvalue weighted by Gasteiger charge is -2.24. The van der Waals surface area contributed by atoms with Crippen LogP contribution in [0.25, 0.3) is 0 Å². The van der Waals surface area contributed by atoms with E-state index in [-0.39, 0.29) is 11.9 Å². The molecule has 3 heteroatoms. The average molecular weight is 182 g/mol. The number of likely N-dealkylation sites (N-methyl/N-ethyl adjacent to an activating group) is 1. The quantitative estimate of drug-likeness (QED) is 0.622. The van der Waals surface area contributed by atoms with Gasteiger partial charge in [0.1, 0.15) is 0 Å². The summed E-state index contributed by atoms with van der Waals surface area (Å²) >= 11 is 0. The molecular weight excluding hydrogens is 164 g/mol. The summed E-state index contributed by atoms with van der Waals surface area (Å²) in [4.78, 5) is 11.3. The summed E-state index contributed by atoms with van der Waals surface area (Å²) in [5, 5.41) is 5.76. The molecule has 1 atom stereocenters. The van der Waals surface area contributed by atoms with E-state index in [2.05, 4.69) is 16.6 Å². The van der Waals surface area contributed by atoms with E-state index in [0.717, 1.165) is 0 Å². The van der Waals surface area contributed by atoms with E-state index in [1.54, 1.807) is 6.92 Å². The smallest absolute Gasteiger partial charge is 0.236 e. The molecule has 0 saturated carbocycles. The molecule has 0 aromatic heterocycles. The zero-order valence-electron chi connectivity index (χ0n) is 8.77. The third-order valence-corrected chi connectivity index (χ3v) is 1.68. The number of hydrogen-bond donors (Lipinski definition) is 2. The second-order valence-corrected chi connectivity index (χ2v) is 3.53. The Morgan fingerprint density at radius 3 is 2.54 bits per heavy atom. The molecule has 0 rings (SSSR count). The first-order chi connectivity index (χ1) is 5.93. The van der Waals surface area contributed by atoms with Gasteiger partial charge in [0.2, 0.25) is 5.91 Å². The standard InChI is InChI=1S/C10H18N2O/c1-6-10(4,5)12-8(3)9(13)11-7-2/h1,8,12H,7H2,2-5H3,(H,11,13). The van der Waals surface area contributed by atoms with E-state index in [1.165, 1.54) is 0 Å². The Balaban J connectivity index is 4.08. The summed E-state index contributed by atoms with van der Waals surface area (Å²) in [5.74, 6) is 2.56. The van der Waals surface area contributed by atoms with Crippen molar-refractivity contribution in [2.24, 2.45) is 0 Å². The molecular formula is C10H18N2O. The van der Waals surface area contributed by atoms with E-state index in [1.807, 2.05) is 20.8 Å². The van der Waals surface area contributed by atoms with Crippen molar-refractivity contribution < 1.29 is 4.79 Å². The van der Waals surface area contributed by atoms with Crippen LogP contribution in [0.1, 0.15) is 27.7 Å². The number of carbonyl (C=O) groups excluding carboxylic acids is 1. The summed E-state index contributed by atoms with van der Waals surface area (Å²) in [6.45, 7) is 8.05. The molecule has 13 heavy (non-hydrogen) atoms. The van der Waals surface area contributed by atoms with Gasteiger partial charge >= 0.3 is 0 Å². The normalized spacial score (nSPS) is 13.2. The summed E-state index contributed by atoms with van der Waals surface area (Å²) in [6.07, 6.45) is 5.28. The average Bonchev–Trinajstić information content (AvgIpc) is 2.04. The zero-order valence-corrected chi connectivity index (χ0v) is 8.77. The number of amides is 1. The van der Waals surface area contributed by atoms with Crippen LogP contribution in [-0.4, -0.2) is 24.0 Å². The molecule has 74 valence electrons. The van der Waals surface area contributed by atoms with Gasteiger partial charge in [-0.25, -0.2) is 0 Å². The third kappa shape index (κ3) is 4.54. The maximum Gasteiger partial charge on any atom is 0.236 e. The van der Waals surface area contributed by atoms with Crippen LogP contribution >= 0.6 is 0 Å². The Hall–Kier alpha value is -1.01. The van der Waals surface area contributed by atoms with Gasteiger partial charge < -0.3 is 5.32 Å². The molecule has 2 N–H and O–H groups in total. The second-order valence-electron chi connectivity index (χ2n) is 3.53. The van der Waals surface area contributed by atoms with Gasteiger partial charge in [0.25, 0.3) is 0 Å². The molecule has 0 bridgehead atoms. The van der Waals surface area contributed by atoms with Gasteiger partial charge in [0.15, 0.2) is 0 Å². The van der Waals surface area contributed by atoms with Crippen LogP contribution in [0.4, 0.5) is 0 Å². The highest BCUT2D eigenvalue weighted by Crippen LogP contribution is 2.00. The topological polar surface area (TPSA) is 41.1 Å².